The lowest BCUT2D eigenvalue weighted by Crippen LogP contribution is -2.32. The van der Waals surface area contributed by atoms with Gasteiger partial charge in [0.25, 0.3) is 0 Å². The fourth-order valence-corrected chi connectivity index (χ4v) is 1.34. The normalized spacial score (nSPS) is 11.2. The van der Waals surface area contributed by atoms with E-state index in [4.69, 9.17) is 5.73 Å². The number of nitrogens with zero attached hydrogens (tertiary/aromatic N) is 1. The molecule has 3 N–H and O–H groups in total. The maximum atomic E-state index is 13.3. The highest BCUT2D eigenvalue weighted by molar-refractivity contribution is 14.0. The van der Waals surface area contributed by atoms with Crippen LogP contribution in [0.1, 0.15) is 25.8 Å². The minimum atomic E-state index is -0.244. The molecule has 0 bridgehead atoms. The number of benzene rings is 1. The number of guanidine groups is 1. The van der Waals surface area contributed by atoms with Crippen LogP contribution in [0, 0.1) is 11.7 Å². The lowest BCUT2D eigenvalue weighted by molar-refractivity contribution is 0.576. The second-order valence-corrected chi connectivity index (χ2v) is 4.40. The van der Waals surface area contributed by atoms with Crippen LogP contribution >= 0.6 is 24.0 Å². The van der Waals surface area contributed by atoms with E-state index in [2.05, 4.69) is 24.2 Å². The molecule has 1 rings (SSSR count). The summed E-state index contributed by atoms with van der Waals surface area (Å²) in [6.07, 6.45) is 1.04. The van der Waals surface area contributed by atoms with Crippen LogP contribution in [0.4, 0.5) is 4.39 Å². The maximum absolute atomic E-state index is 13.3. The maximum Gasteiger partial charge on any atom is 0.188 e. The topological polar surface area (TPSA) is 50.4 Å². The molecule has 0 aliphatic carbocycles. The Morgan fingerprint density at radius 3 is 2.67 bits per heavy atom. The third-order valence-electron chi connectivity index (χ3n) is 2.41. The second-order valence-electron chi connectivity index (χ2n) is 4.40. The van der Waals surface area contributed by atoms with Gasteiger partial charge >= 0.3 is 0 Å². The quantitative estimate of drug-likeness (QED) is 0.479. The second kappa shape index (κ2) is 9.13. The van der Waals surface area contributed by atoms with Gasteiger partial charge in [-0.05, 0) is 18.4 Å². The first kappa shape index (κ1) is 17.2. The van der Waals surface area contributed by atoms with Gasteiger partial charge in [-0.2, -0.15) is 0 Å². The van der Waals surface area contributed by atoms with Gasteiger partial charge in [0.2, 0.25) is 0 Å². The summed E-state index contributed by atoms with van der Waals surface area (Å²) in [5.41, 5.74) is 6.23. The number of halogens is 2. The van der Waals surface area contributed by atoms with Gasteiger partial charge in [-0.3, -0.25) is 0 Å². The van der Waals surface area contributed by atoms with Crippen LogP contribution in [0.25, 0.3) is 0 Å². The summed E-state index contributed by atoms with van der Waals surface area (Å²) < 4.78 is 13.3. The largest absolute Gasteiger partial charge is 0.370 e. The summed E-state index contributed by atoms with van der Waals surface area (Å²) in [5.74, 6) is 0.752. The van der Waals surface area contributed by atoms with Crippen LogP contribution in [0.15, 0.2) is 29.3 Å². The van der Waals surface area contributed by atoms with Gasteiger partial charge in [0.1, 0.15) is 5.82 Å². The van der Waals surface area contributed by atoms with Gasteiger partial charge in [0.15, 0.2) is 5.96 Å². The molecule has 0 saturated heterocycles. The van der Waals surface area contributed by atoms with Gasteiger partial charge in [-0.1, -0.05) is 32.0 Å². The Bertz CT molecular complexity index is 380. The van der Waals surface area contributed by atoms with Crippen molar-refractivity contribution in [3.8, 4) is 0 Å². The lowest BCUT2D eigenvalue weighted by Gasteiger charge is -2.07. The Morgan fingerprint density at radius 2 is 2.06 bits per heavy atom. The predicted octanol–water partition coefficient (Wildman–Crippen LogP) is 2.89. The standard InChI is InChI=1S/C13H20FN3.HI/c1-10(2)7-8-16-13(15)17-9-11-5-3-4-6-12(11)14;/h3-6,10H,7-9H2,1-2H3,(H3,15,16,17);1H. The first-order valence-corrected chi connectivity index (χ1v) is 5.86. The number of hydrogen-bond acceptors (Lipinski definition) is 1. The number of hydrogen-bond donors (Lipinski definition) is 2. The van der Waals surface area contributed by atoms with Gasteiger partial charge < -0.3 is 11.1 Å². The third kappa shape index (κ3) is 6.78. The summed E-state index contributed by atoms with van der Waals surface area (Å²) in [5, 5.41) is 3.01. The van der Waals surface area contributed by atoms with Crippen molar-refractivity contribution in [2.75, 3.05) is 6.54 Å². The van der Waals surface area contributed by atoms with Crippen LogP contribution in [-0.2, 0) is 6.54 Å². The Kier molecular flexibility index (Phi) is 8.70. The van der Waals surface area contributed by atoms with E-state index >= 15 is 0 Å². The molecule has 1 aromatic rings. The molecule has 0 aliphatic rings. The molecular weight excluding hydrogens is 344 g/mol. The van der Waals surface area contributed by atoms with Gasteiger partial charge in [-0.25, -0.2) is 9.38 Å². The highest BCUT2D eigenvalue weighted by Gasteiger charge is 1.99. The van der Waals surface area contributed by atoms with Gasteiger partial charge in [0.05, 0.1) is 6.54 Å². The first-order valence-electron chi connectivity index (χ1n) is 5.86. The molecule has 3 nitrogen and oxygen atoms in total. The SMILES string of the molecule is CC(C)CCNC(N)=NCc1ccccc1F.I. The zero-order valence-electron chi connectivity index (χ0n) is 10.8. The van der Waals surface area contributed by atoms with Crippen molar-refractivity contribution in [1.82, 2.24) is 5.32 Å². The van der Waals surface area contributed by atoms with Gasteiger partial charge in [-0.15, -0.1) is 24.0 Å². The van der Waals surface area contributed by atoms with Crippen LogP contribution in [0.2, 0.25) is 0 Å². The minimum Gasteiger partial charge on any atom is -0.370 e. The molecule has 0 aliphatic heterocycles. The van der Waals surface area contributed by atoms with E-state index in [1.54, 1.807) is 18.2 Å². The molecule has 0 heterocycles. The molecule has 0 amide bonds. The lowest BCUT2D eigenvalue weighted by atomic mass is 10.1. The first-order chi connectivity index (χ1) is 8.09. The number of rotatable bonds is 5. The van der Waals surface area contributed by atoms with Crippen molar-refractivity contribution in [3.63, 3.8) is 0 Å². The molecule has 18 heavy (non-hydrogen) atoms. The Balaban J connectivity index is 0.00000289. The third-order valence-corrected chi connectivity index (χ3v) is 2.41. The monoisotopic (exact) mass is 365 g/mol. The van der Waals surface area contributed by atoms with Crippen molar-refractivity contribution in [1.29, 1.82) is 0 Å². The number of nitrogens with one attached hydrogen (secondary N) is 1. The van der Waals surface area contributed by atoms with E-state index in [1.807, 2.05) is 0 Å². The van der Waals surface area contributed by atoms with Crippen molar-refractivity contribution < 1.29 is 4.39 Å². The molecule has 0 saturated carbocycles. The van der Waals surface area contributed by atoms with E-state index < -0.39 is 0 Å². The van der Waals surface area contributed by atoms with Crippen LogP contribution in [0.3, 0.4) is 0 Å². The highest BCUT2D eigenvalue weighted by atomic mass is 127. The van der Waals surface area contributed by atoms with E-state index in [1.165, 1.54) is 6.07 Å². The average molecular weight is 365 g/mol. The fourth-order valence-electron chi connectivity index (χ4n) is 1.34. The summed E-state index contributed by atoms with van der Waals surface area (Å²) in [7, 11) is 0. The molecule has 1 aromatic carbocycles. The van der Waals surface area contributed by atoms with Crippen LogP contribution < -0.4 is 11.1 Å². The molecule has 5 heteroatoms. The average Bonchev–Trinajstić information content (AvgIpc) is 2.27. The molecule has 0 radical (unpaired) electrons. The van der Waals surface area contributed by atoms with E-state index in [9.17, 15) is 4.39 Å². The molecule has 0 unspecified atom stereocenters. The number of nitrogens with two attached hydrogens (primary N) is 1. The summed E-state index contributed by atoms with van der Waals surface area (Å²) in [6, 6.07) is 6.58. The summed E-state index contributed by atoms with van der Waals surface area (Å²) in [6.45, 7) is 5.36. The summed E-state index contributed by atoms with van der Waals surface area (Å²) in [4.78, 5) is 4.10. The fraction of sp³-hybridized carbons (Fsp3) is 0.462. The van der Waals surface area contributed by atoms with E-state index in [0.717, 1.165) is 13.0 Å². The Morgan fingerprint density at radius 1 is 1.39 bits per heavy atom. The highest BCUT2D eigenvalue weighted by Crippen LogP contribution is 2.07. The molecule has 102 valence electrons. The van der Waals surface area contributed by atoms with Crippen molar-refractivity contribution in [2.24, 2.45) is 16.6 Å². The van der Waals surface area contributed by atoms with Crippen molar-refractivity contribution >= 4 is 29.9 Å². The molecular formula is C13H21FIN3. The Hall–Kier alpha value is -0.850. The van der Waals surface area contributed by atoms with Crippen molar-refractivity contribution in [2.45, 2.75) is 26.8 Å². The Labute approximate surface area is 125 Å². The molecule has 0 aromatic heterocycles. The molecule has 0 fully saturated rings. The number of aliphatic imine (C=N–C) groups is 1. The van der Waals surface area contributed by atoms with E-state index in [-0.39, 0.29) is 36.3 Å². The smallest absolute Gasteiger partial charge is 0.188 e. The van der Waals surface area contributed by atoms with Crippen LogP contribution in [0.5, 0.6) is 0 Å². The zero-order valence-corrected chi connectivity index (χ0v) is 13.1. The van der Waals surface area contributed by atoms with Gasteiger partial charge in [0, 0.05) is 12.1 Å². The summed E-state index contributed by atoms with van der Waals surface area (Å²) >= 11 is 0. The molecule has 0 atom stereocenters. The van der Waals surface area contributed by atoms with E-state index in [0.29, 0.717) is 17.4 Å². The minimum absolute atomic E-state index is 0. The zero-order chi connectivity index (χ0) is 12.7. The van der Waals surface area contributed by atoms with Crippen LogP contribution in [-0.4, -0.2) is 12.5 Å². The van der Waals surface area contributed by atoms with Crippen molar-refractivity contribution in [3.05, 3.63) is 35.6 Å². The predicted molar refractivity (Wildman–Crippen MR) is 84.6 cm³/mol. The molecule has 0 spiro atoms.